The highest BCUT2D eigenvalue weighted by Gasteiger charge is 2.09. The number of aromatic nitrogens is 4. The summed E-state index contributed by atoms with van der Waals surface area (Å²) in [5, 5.41) is 22.0. The van der Waals surface area contributed by atoms with Crippen LogP contribution < -0.4 is 11.1 Å². The van der Waals surface area contributed by atoms with Gasteiger partial charge in [0.15, 0.2) is 23.0 Å². The molecule has 6 N–H and O–H groups in total. The molecule has 0 aliphatic heterocycles. The molecule has 1 aromatic carbocycles. The number of aromatic hydroxyl groups is 2. The van der Waals surface area contributed by atoms with Crippen molar-refractivity contribution >= 4 is 22.9 Å². The Morgan fingerprint density at radius 3 is 2.95 bits per heavy atom. The number of imidazole rings is 1. The van der Waals surface area contributed by atoms with Crippen LogP contribution in [0.5, 0.6) is 11.5 Å². The number of hydrogen-bond donors (Lipinski definition) is 5. The van der Waals surface area contributed by atoms with Gasteiger partial charge in [0.2, 0.25) is 5.95 Å². The van der Waals surface area contributed by atoms with Crippen molar-refractivity contribution in [3.63, 3.8) is 0 Å². The third-order valence-corrected chi connectivity index (χ3v) is 2.85. The van der Waals surface area contributed by atoms with Crippen molar-refractivity contribution in [2.45, 2.75) is 6.54 Å². The zero-order valence-corrected chi connectivity index (χ0v) is 10.3. The topological polar surface area (TPSA) is 133 Å². The quantitative estimate of drug-likeness (QED) is 0.448. The van der Waals surface area contributed by atoms with Gasteiger partial charge in [-0.3, -0.25) is 0 Å². The minimum atomic E-state index is -0.174. The highest BCUT2D eigenvalue weighted by atomic mass is 16.3. The van der Waals surface area contributed by atoms with Crippen molar-refractivity contribution in [1.29, 1.82) is 0 Å². The second-order valence-corrected chi connectivity index (χ2v) is 4.17. The molecule has 0 saturated heterocycles. The third-order valence-electron chi connectivity index (χ3n) is 2.85. The number of aromatic amines is 1. The standard InChI is InChI=1S/C12H12N6O2/c13-10-8-11(16-5-15-8)18-12(17-10)14-4-6-2-1-3-7(19)9(6)20/h1-3,5,19-20H,4H2,(H4,13,14,15,16,17,18). The van der Waals surface area contributed by atoms with Crippen LogP contribution in [0.25, 0.3) is 11.2 Å². The van der Waals surface area contributed by atoms with Crippen molar-refractivity contribution in [2.75, 3.05) is 11.1 Å². The van der Waals surface area contributed by atoms with Crippen LogP contribution in [-0.2, 0) is 6.54 Å². The van der Waals surface area contributed by atoms with Gasteiger partial charge in [-0.1, -0.05) is 12.1 Å². The van der Waals surface area contributed by atoms with E-state index in [0.29, 0.717) is 22.7 Å². The van der Waals surface area contributed by atoms with Gasteiger partial charge in [-0.2, -0.15) is 9.97 Å². The maximum atomic E-state index is 9.70. The molecule has 102 valence electrons. The lowest BCUT2D eigenvalue weighted by molar-refractivity contribution is 0.400. The summed E-state index contributed by atoms with van der Waals surface area (Å²) in [5.41, 5.74) is 7.33. The Kier molecular flexibility index (Phi) is 2.75. The molecular weight excluding hydrogens is 260 g/mol. The second kappa shape index (κ2) is 4.57. The van der Waals surface area contributed by atoms with Crippen LogP contribution in [0.1, 0.15) is 5.56 Å². The molecule has 2 heterocycles. The van der Waals surface area contributed by atoms with Gasteiger partial charge < -0.3 is 26.2 Å². The monoisotopic (exact) mass is 272 g/mol. The van der Waals surface area contributed by atoms with Crippen LogP contribution in [-0.4, -0.2) is 30.1 Å². The van der Waals surface area contributed by atoms with E-state index in [9.17, 15) is 10.2 Å². The first-order chi connectivity index (χ1) is 9.65. The van der Waals surface area contributed by atoms with E-state index in [1.165, 1.54) is 12.4 Å². The van der Waals surface area contributed by atoms with E-state index in [1.807, 2.05) is 0 Å². The normalized spacial score (nSPS) is 10.8. The number of benzene rings is 1. The van der Waals surface area contributed by atoms with Gasteiger partial charge in [-0.05, 0) is 6.07 Å². The van der Waals surface area contributed by atoms with Crippen LogP contribution >= 0.6 is 0 Å². The van der Waals surface area contributed by atoms with Crippen molar-refractivity contribution in [3.05, 3.63) is 30.1 Å². The molecule has 0 atom stereocenters. The predicted molar refractivity (Wildman–Crippen MR) is 73.2 cm³/mol. The SMILES string of the molecule is Nc1nc(NCc2cccc(O)c2O)nc2nc[nH]c12. The maximum absolute atomic E-state index is 9.70. The highest BCUT2D eigenvalue weighted by molar-refractivity contribution is 5.82. The third kappa shape index (κ3) is 2.03. The fourth-order valence-electron chi connectivity index (χ4n) is 1.83. The molecule has 0 amide bonds. The van der Waals surface area contributed by atoms with Crippen LogP contribution in [0.15, 0.2) is 24.5 Å². The second-order valence-electron chi connectivity index (χ2n) is 4.17. The summed E-state index contributed by atoms with van der Waals surface area (Å²) in [6, 6.07) is 4.72. The number of nitrogens with one attached hydrogen (secondary N) is 2. The molecule has 0 fully saturated rings. The number of hydrogen-bond acceptors (Lipinski definition) is 7. The molecule has 3 rings (SSSR count). The summed E-state index contributed by atoms with van der Waals surface area (Å²) in [6.07, 6.45) is 1.49. The lowest BCUT2D eigenvalue weighted by atomic mass is 10.2. The van der Waals surface area contributed by atoms with E-state index in [0.717, 1.165) is 0 Å². The van der Waals surface area contributed by atoms with E-state index in [2.05, 4.69) is 25.3 Å². The Labute approximate surface area is 113 Å². The van der Waals surface area contributed by atoms with Gasteiger partial charge in [0.1, 0.15) is 5.52 Å². The molecule has 0 bridgehead atoms. The summed E-state index contributed by atoms with van der Waals surface area (Å²) in [6.45, 7) is 0.246. The number of phenols is 2. The van der Waals surface area contributed by atoms with E-state index in [-0.39, 0.29) is 23.9 Å². The number of fused-ring (bicyclic) bond motifs is 1. The smallest absolute Gasteiger partial charge is 0.227 e. The largest absolute Gasteiger partial charge is 0.504 e. The number of para-hydroxylation sites is 1. The van der Waals surface area contributed by atoms with Crippen molar-refractivity contribution in [1.82, 2.24) is 19.9 Å². The van der Waals surface area contributed by atoms with Crippen molar-refractivity contribution in [3.8, 4) is 11.5 Å². The van der Waals surface area contributed by atoms with E-state index in [1.54, 1.807) is 12.1 Å². The van der Waals surface area contributed by atoms with Gasteiger partial charge in [0.05, 0.1) is 6.33 Å². The highest BCUT2D eigenvalue weighted by Crippen LogP contribution is 2.28. The summed E-state index contributed by atoms with van der Waals surface area (Å²) in [7, 11) is 0. The average molecular weight is 272 g/mol. The minimum absolute atomic E-state index is 0.172. The molecule has 8 heteroatoms. The number of rotatable bonds is 3. The Morgan fingerprint density at radius 1 is 1.25 bits per heavy atom. The van der Waals surface area contributed by atoms with Crippen LogP contribution in [0.2, 0.25) is 0 Å². The van der Waals surface area contributed by atoms with Crippen molar-refractivity contribution in [2.24, 2.45) is 0 Å². The molecule has 0 spiro atoms. The first-order valence-corrected chi connectivity index (χ1v) is 5.85. The average Bonchev–Trinajstić information content (AvgIpc) is 2.89. The van der Waals surface area contributed by atoms with Crippen molar-refractivity contribution < 1.29 is 10.2 Å². The molecule has 0 saturated carbocycles. The molecule has 0 aliphatic rings. The number of phenolic OH excluding ortho intramolecular Hbond substituents is 2. The minimum Gasteiger partial charge on any atom is -0.504 e. The van der Waals surface area contributed by atoms with Crippen LogP contribution in [0.3, 0.4) is 0 Å². The molecule has 3 aromatic rings. The zero-order chi connectivity index (χ0) is 14.1. The fraction of sp³-hybridized carbons (Fsp3) is 0.0833. The van der Waals surface area contributed by atoms with Gasteiger partial charge in [0, 0.05) is 12.1 Å². The maximum Gasteiger partial charge on any atom is 0.227 e. The Bertz CT molecular complexity index is 770. The zero-order valence-electron chi connectivity index (χ0n) is 10.3. The van der Waals surface area contributed by atoms with Gasteiger partial charge in [-0.15, -0.1) is 0 Å². The summed E-state index contributed by atoms with van der Waals surface area (Å²) in [4.78, 5) is 15.1. The lowest BCUT2D eigenvalue weighted by Gasteiger charge is -2.08. The molecule has 8 nitrogen and oxygen atoms in total. The van der Waals surface area contributed by atoms with E-state index in [4.69, 9.17) is 5.73 Å². The number of nitrogens with zero attached hydrogens (tertiary/aromatic N) is 3. The van der Waals surface area contributed by atoms with E-state index < -0.39 is 0 Å². The van der Waals surface area contributed by atoms with Crippen LogP contribution in [0.4, 0.5) is 11.8 Å². The first-order valence-electron chi connectivity index (χ1n) is 5.85. The molecule has 20 heavy (non-hydrogen) atoms. The van der Waals surface area contributed by atoms with Gasteiger partial charge >= 0.3 is 0 Å². The van der Waals surface area contributed by atoms with E-state index >= 15 is 0 Å². The molecule has 0 radical (unpaired) electrons. The molecular formula is C12H12N6O2. The number of nitrogen functional groups attached to an aromatic ring is 1. The molecule has 2 aromatic heterocycles. The Balaban J connectivity index is 1.84. The van der Waals surface area contributed by atoms with Crippen LogP contribution in [0, 0.1) is 0 Å². The Hall–Kier alpha value is -3.03. The summed E-state index contributed by atoms with van der Waals surface area (Å²) in [5.74, 6) is 0.237. The van der Waals surface area contributed by atoms with Gasteiger partial charge in [0.25, 0.3) is 0 Å². The first kappa shape index (κ1) is 12.0. The van der Waals surface area contributed by atoms with Gasteiger partial charge in [-0.25, -0.2) is 4.98 Å². The number of nitrogens with two attached hydrogens (primary N) is 1. The predicted octanol–water partition coefficient (Wildman–Crippen LogP) is 0.958. The number of H-pyrrole nitrogens is 1. The molecule has 0 unspecified atom stereocenters. The summed E-state index contributed by atoms with van der Waals surface area (Å²) < 4.78 is 0. The number of anilines is 2. The summed E-state index contributed by atoms with van der Waals surface area (Å²) >= 11 is 0. The Morgan fingerprint density at radius 2 is 2.10 bits per heavy atom. The lowest BCUT2D eigenvalue weighted by Crippen LogP contribution is -2.06. The molecule has 0 aliphatic carbocycles. The fourth-order valence-corrected chi connectivity index (χ4v) is 1.83.